The van der Waals surface area contributed by atoms with Crippen LogP contribution in [0.3, 0.4) is 0 Å². The molecule has 0 saturated carbocycles. The number of hydrogen-bond donors (Lipinski definition) is 6. The van der Waals surface area contributed by atoms with Crippen LogP contribution in [0.15, 0.2) is 18.2 Å². The van der Waals surface area contributed by atoms with Gasteiger partial charge in [-0.15, -0.1) is 0 Å². The lowest BCUT2D eigenvalue weighted by atomic mass is 10.1. The van der Waals surface area contributed by atoms with E-state index in [0.717, 1.165) is 16.9 Å². The van der Waals surface area contributed by atoms with Crippen LogP contribution in [0.25, 0.3) is 0 Å². The van der Waals surface area contributed by atoms with Crippen LogP contribution in [0, 0.1) is 6.92 Å². The number of aliphatic hydroxyl groups is 4. The van der Waals surface area contributed by atoms with Crippen LogP contribution >= 0.6 is 0 Å². The summed E-state index contributed by atoms with van der Waals surface area (Å²) in [5.41, 5.74) is 2.78. The monoisotopic (exact) mass is 298 g/mol. The second kappa shape index (κ2) is 9.57. The molecule has 6 N–H and O–H groups in total. The first-order valence-corrected chi connectivity index (χ1v) is 7.23. The minimum Gasteiger partial charge on any atom is -0.396 e. The van der Waals surface area contributed by atoms with Gasteiger partial charge in [0.25, 0.3) is 0 Å². The van der Waals surface area contributed by atoms with Crippen molar-refractivity contribution in [1.82, 2.24) is 0 Å². The van der Waals surface area contributed by atoms with E-state index in [0.29, 0.717) is 25.9 Å². The fraction of sp³-hybridized carbons (Fsp3) is 0.600. The van der Waals surface area contributed by atoms with Crippen molar-refractivity contribution in [3.05, 3.63) is 23.8 Å². The van der Waals surface area contributed by atoms with Crippen molar-refractivity contribution < 1.29 is 20.4 Å². The van der Waals surface area contributed by atoms with E-state index in [2.05, 4.69) is 10.6 Å². The third-order valence-electron chi connectivity index (χ3n) is 3.31. The Balaban J connectivity index is 2.57. The molecule has 0 aliphatic rings. The first-order valence-electron chi connectivity index (χ1n) is 7.23. The van der Waals surface area contributed by atoms with Crippen molar-refractivity contribution in [3.63, 3.8) is 0 Å². The van der Waals surface area contributed by atoms with E-state index >= 15 is 0 Å². The highest BCUT2D eigenvalue weighted by Gasteiger charge is 2.08. The molecule has 0 aromatic heterocycles. The third-order valence-corrected chi connectivity index (χ3v) is 3.31. The summed E-state index contributed by atoms with van der Waals surface area (Å²) >= 11 is 0. The van der Waals surface area contributed by atoms with E-state index in [1.54, 1.807) is 0 Å². The van der Waals surface area contributed by atoms with Gasteiger partial charge < -0.3 is 31.1 Å². The van der Waals surface area contributed by atoms with E-state index in [9.17, 15) is 10.2 Å². The molecule has 0 spiro atoms. The molecule has 120 valence electrons. The van der Waals surface area contributed by atoms with E-state index in [-0.39, 0.29) is 13.2 Å². The molecule has 0 saturated heterocycles. The number of hydrogen-bond acceptors (Lipinski definition) is 6. The predicted octanol–water partition coefficient (Wildman–Crippen LogP) is 0.305. The van der Waals surface area contributed by atoms with Crippen molar-refractivity contribution in [2.75, 3.05) is 36.9 Å². The van der Waals surface area contributed by atoms with Crippen molar-refractivity contribution in [2.24, 2.45) is 0 Å². The summed E-state index contributed by atoms with van der Waals surface area (Å²) in [4.78, 5) is 0. The lowest BCUT2D eigenvalue weighted by Gasteiger charge is -2.18. The maximum atomic E-state index is 9.61. The van der Waals surface area contributed by atoms with Crippen LogP contribution in [0.5, 0.6) is 0 Å². The van der Waals surface area contributed by atoms with Gasteiger partial charge in [-0.3, -0.25) is 0 Å². The third kappa shape index (κ3) is 6.31. The molecule has 0 radical (unpaired) electrons. The molecule has 0 fully saturated rings. The molecule has 0 aliphatic heterocycles. The average molecular weight is 298 g/mol. The van der Waals surface area contributed by atoms with Gasteiger partial charge in [-0.05, 0) is 37.5 Å². The molecule has 1 aromatic rings. The van der Waals surface area contributed by atoms with Gasteiger partial charge in [0.15, 0.2) is 0 Å². The Kier molecular flexibility index (Phi) is 8.07. The molecule has 0 aliphatic carbocycles. The highest BCUT2D eigenvalue weighted by atomic mass is 16.3. The number of anilines is 2. The van der Waals surface area contributed by atoms with Gasteiger partial charge in [0.2, 0.25) is 0 Å². The van der Waals surface area contributed by atoms with Gasteiger partial charge >= 0.3 is 0 Å². The summed E-state index contributed by atoms with van der Waals surface area (Å²) in [7, 11) is 0. The van der Waals surface area contributed by atoms with Crippen molar-refractivity contribution in [1.29, 1.82) is 0 Å². The summed E-state index contributed by atoms with van der Waals surface area (Å²) in [5.74, 6) is 0. The van der Waals surface area contributed by atoms with Crippen molar-refractivity contribution >= 4 is 11.4 Å². The van der Waals surface area contributed by atoms with E-state index in [1.807, 2.05) is 25.1 Å². The molecule has 0 amide bonds. The molecule has 1 aromatic carbocycles. The van der Waals surface area contributed by atoms with Gasteiger partial charge in [0.05, 0.1) is 12.2 Å². The Morgan fingerprint density at radius 3 is 1.71 bits per heavy atom. The molecule has 2 atom stereocenters. The van der Waals surface area contributed by atoms with Crippen LogP contribution in [-0.2, 0) is 0 Å². The summed E-state index contributed by atoms with van der Waals surface area (Å²) in [5, 5.41) is 43.0. The van der Waals surface area contributed by atoms with Crippen LogP contribution in [0.2, 0.25) is 0 Å². The second-order valence-corrected chi connectivity index (χ2v) is 5.07. The maximum Gasteiger partial charge on any atom is 0.0734 e. The van der Waals surface area contributed by atoms with E-state index in [1.165, 1.54) is 0 Å². The molecule has 1 rings (SSSR count). The smallest absolute Gasteiger partial charge is 0.0734 e. The average Bonchev–Trinajstić information content (AvgIpc) is 2.45. The molecule has 0 bridgehead atoms. The number of nitrogens with one attached hydrogen (secondary N) is 2. The van der Waals surface area contributed by atoms with Gasteiger partial charge in [0.1, 0.15) is 0 Å². The SMILES string of the molecule is Cc1c(NCC(O)CCO)cccc1NCC(O)CCO. The minimum absolute atomic E-state index is 0.0355. The van der Waals surface area contributed by atoms with Crippen LogP contribution in [-0.4, -0.2) is 58.9 Å². The topological polar surface area (TPSA) is 105 Å². The Morgan fingerprint density at radius 1 is 0.905 bits per heavy atom. The molecular weight excluding hydrogens is 272 g/mol. The van der Waals surface area contributed by atoms with Gasteiger partial charge in [-0.2, -0.15) is 0 Å². The second-order valence-electron chi connectivity index (χ2n) is 5.07. The highest BCUT2D eigenvalue weighted by Crippen LogP contribution is 2.23. The highest BCUT2D eigenvalue weighted by molar-refractivity contribution is 5.65. The fourth-order valence-corrected chi connectivity index (χ4v) is 1.98. The molecular formula is C15H26N2O4. The Hall–Kier alpha value is -1.34. The minimum atomic E-state index is -0.586. The molecule has 6 heteroatoms. The first kappa shape index (κ1) is 17.7. The standard InChI is InChI=1S/C15H26N2O4/c1-11-14(16-9-12(20)5-7-18)3-2-4-15(11)17-10-13(21)6-8-19/h2-4,12-13,16-21H,5-10H2,1H3. The maximum absolute atomic E-state index is 9.61. The Labute approximate surface area is 125 Å². The predicted molar refractivity (Wildman–Crippen MR) is 83.6 cm³/mol. The van der Waals surface area contributed by atoms with Gasteiger partial charge in [-0.1, -0.05) is 6.07 Å². The van der Waals surface area contributed by atoms with Crippen LogP contribution in [0.1, 0.15) is 18.4 Å². The lowest BCUT2D eigenvalue weighted by molar-refractivity contribution is 0.143. The largest absolute Gasteiger partial charge is 0.396 e. The zero-order valence-corrected chi connectivity index (χ0v) is 12.4. The van der Waals surface area contributed by atoms with Crippen molar-refractivity contribution in [3.8, 4) is 0 Å². The first-order chi connectivity index (χ1) is 10.1. The molecule has 21 heavy (non-hydrogen) atoms. The molecule has 6 nitrogen and oxygen atoms in total. The molecule has 2 unspecified atom stereocenters. The Morgan fingerprint density at radius 2 is 1.33 bits per heavy atom. The van der Waals surface area contributed by atoms with E-state index in [4.69, 9.17) is 10.2 Å². The van der Waals surface area contributed by atoms with E-state index < -0.39 is 12.2 Å². The van der Waals surface area contributed by atoms with Gasteiger partial charge in [0, 0.05) is 37.7 Å². The summed E-state index contributed by atoms with van der Waals surface area (Å²) in [6.45, 7) is 2.62. The summed E-state index contributed by atoms with van der Waals surface area (Å²) in [6.07, 6.45) is -0.482. The number of rotatable bonds is 10. The number of benzene rings is 1. The zero-order chi connectivity index (χ0) is 15.7. The Bertz CT molecular complexity index is 380. The lowest BCUT2D eigenvalue weighted by Crippen LogP contribution is -2.22. The zero-order valence-electron chi connectivity index (χ0n) is 12.4. The quantitative estimate of drug-likeness (QED) is 0.371. The summed E-state index contributed by atoms with van der Waals surface area (Å²) in [6, 6.07) is 5.71. The normalized spacial score (nSPS) is 13.8. The number of aliphatic hydroxyl groups excluding tert-OH is 4. The van der Waals surface area contributed by atoms with Crippen LogP contribution < -0.4 is 10.6 Å². The fourth-order valence-electron chi connectivity index (χ4n) is 1.98. The summed E-state index contributed by atoms with van der Waals surface area (Å²) < 4.78 is 0. The molecule has 0 heterocycles. The van der Waals surface area contributed by atoms with Gasteiger partial charge in [-0.25, -0.2) is 0 Å². The van der Waals surface area contributed by atoms with Crippen LogP contribution in [0.4, 0.5) is 11.4 Å². The van der Waals surface area contributed by atoms with Crippen molar-refractivity contribution in [2.45, 2.75) is 32.0 Å².